The third kappa shape index (κ3) is 2.34. The van der Waals surface area contributed by atoms with Gasteiger partial charge < -0.3 is 10.2 Å². The summed E-state index contributed by atoms with van der Waals surface area (Å²) < 4.78 is 0. The molecule has 1 aliphatic rings. The zero-order chi connectivity index (χ0) is 13.2. The molecule has 96 valence electrons. The fourth-order valence-corrected chi connectivity index (χ4v) is 2.53. The summed E-state index contributed by atoms with van der Waals surface area (Å²) >= 11 is 0. The quantitative estimate of drug-likeness (QED) is 0.883. The molecule has 0 aromatic heterocycles. The van der Waals surface area contributed by atoms with E-state index < -0.39 is 0 Å². The minimum absolute atomic E-state index is 0.275. The molecule has 0 amide bonds. The largest absolute Gasteiger partial charge is 0.382 e. The van der Waals surface area contributed by atoms with Crippen LogP contribution in [0.15, 0.2) is 18.2 Å². The van der Waals surface area contributed by atoms with Gasteiger partial charge in [-0.05, 0) is 58.0 Å². The highest BCUT2D eigenvalue weighted by molar-refractivity contribution is 5.58. The second kappa shape index (κ2) is 4.99. The molecule has 2 rings (SSSR count). The average molecular weight is 243 g/mol. The molecule has 1 N–H and O–H groups in total. The number of rotatable bonds is 4. The number of nitrogens with one attached hydrogen (secondary N) is 1. The van der Waals surface area contributed by atoms with Gasteiger partial charge in [-0.25, -0.2) is 0 Å². The van der Waals surface area contributed by atoms with Crippen LogP contribution in [-0.4, -0.2) is 31.1 Å². The van der Waals surface area contributed by atoms with Crippen LogP contribution < -0.4 is 5.32 Å². The number of nitrogens with zero attached hydrogens (tertiary/aromatic N) is 2. The Labute approximate surface area is 109 Å². The zero-order valence-corrected chi connectivity index (χ0v) is 11.5. The Hall–Kier alpha value is -1.53. The van der Waals surface area contributed by atoms with Crippen LogP contribution in [0.5, 0.6) is 0 Å². The summed E-state index contributed by atoms with van der Waals surface area (Å²) in [5, 5.41) is 12.6. The maximum atomic E-state index is 9.15. The van der Waals surface area contributed by atoms with Crippen molar-refractivity contribution < 1.29 is 0 Å². The van der Waals surface area contributed by atoms with Crippen molar-refractivity contribution in [3.05, 3.63) is 29.3 Å². The predicted molar refractivity (Wildman–Crippen MR) is 74.7 cm³/mol. The second-order valence-corrected chi connectivity index (χ2v) is 5.49. The van der Waals surface area contributed by atoms with Gasteiger partial charge in [0.1, 0.15) is 6.07 Å². The van der Waals surface area contributed by atoms with Gasteiger partial charge in [0.25, 0.3) is 0 Å². The van der Waals surface area contributed by atoms with Crippen LogP contribution in [-0.2, 0) is 0 Å². The highest BCUT2D eigenvalue weighted by atomic mass is 15.2. The molecule has 0 bridgehead atoms. The van der Waals surface area contributed by atoms with Gasteiger partial charge in [-0.15, -0.1) is 0 Å². The molecule has 1 aliphatic carbocycles. The predicted octanol–water partition coefficient (Wildman–Crippen LogP) is 2.76. The van der Waals surface area contributed by atoms with E-state index in [0.717, 1.165) is 23.4 Å². The summed E-state index contributed by atoms with van der Waals surface area (Å²) in [6.45, 7) is 2.93. The van der Waals surface area contributed by atoms with Crippen LogP contribution in [0.4, 0.5) is 5.69 Å². The molecule has 0 aliphatic heterocycles. The maximum absolute atomic E-state index is 9.15. The van der Waals surface area contributed by atoms with Gasteiger partial charge in [-0.2, -0.15) is 5.26 Å². The topological polar surface area (TPSA) is 39.1 Å². The smallest absolute Gasteiger partial charge is 0.101 e. The summed E-state index contributed by atoms with van der Waals surface area (Å²) in [5.41, 5.74) is 3.10. The third-order valence-electron chi connectivity index (χ3n) is 4.14. The fourth-order valence-electron chi connectivity index (χ4n) is 2.53. The highest BCUT2D eigenvalue weighted by Crippen LogP contribution is 2.36. The summed E-state index contributed by atoms with van der Waals surface area (Å²) in [6.07, 6.45) is 3.78. The Balaban J connectivity index is 2.09. The summed E-state index contributed by atoms with van der Waals surface area (Å²) in [5.74, 6) is 0. The van der Waals surface area contributed by atoms with Crippen molar-refractivity contribution in [1.82, 2.24) is 4.90 Å². The first-order valence-corrected chi connectivity index (χ1v) is 6.49. The van der Waals surface area contributed by atoms with Crippen molar-refractivity contribution in [1.29, 1.82) is 5.26 Å². The average Bonchev–Trinajstić information content (AvgIpc) is 2.28. The van der Waals surface area contributed by atoms with Crippen molar-refractivity contribution in [2.24, 2.45) is 0 Å². The molecule has 1 saturated carbocycles. The lowest BCUT2D eigenvalue weighted by Gasteiger charge is -2.47. The van der Waals surface area contributed by atoms with Gasteiger partial charge in [-0.3, -0.25) is 0 Å². The van der Waals surface area contributed by atoms with Crippen molar-refractivity contribution >= 4 is 5.69 Å². The normalized spacial score (nSPS) is 17.1. The minimum Gasteiger partial charge on any atom is -0.382 e. The van der Waals surface area contributed by atoms with Crippen LogP contribution in [0.2, 0.25) is 0 Å². The Morgan fingerprint density at radius 2 is 2.11 bits per heavy atom. The van der Waals surface area contributed by atoms with E-state index in [-0.39, 0.29) is 5.54 Å². The van der Waals surface area contributed by atoms with E-state index in [1.165, 1.54) is 19.3 Å². The van der Waals surface area contributed by atoms with Gasteiger partial charge in [0.15, 0.2) is 0 Å². The number of nitriles is 1. The molecule has 3 nitrogen and oxygen atoms in total. The SMILES string of the molecule is Cc1ccc(NCC2(N(C)C)CCC2)c(C#N)c1. The van der Waals surface area contributed by atoms with E-state index in [1.54, 1.807) is 0 Å². The van der Waals surface area contributed by atoms with Crippen molar-refractivity contribution in [3.8, 4) is 6.07 Å². The van der Waals surface area contributed by atoms with E-state index in [0.29, 0.717) is 0 Å². The molecule has 0 radical (unpaired) electrons. The lowest BCUT2D eigenvalue weighted by atomic mass is 9.75. The molecule has 3 heteroatoms. The monoisotopic (exact) mass is 243 g/mol. The number of hydrogen-bond donors (Lipinski definition) is 1. The fraction of sp³-hybridized carbons (Fsp3) is 0.533. The number of likely N-dealkylation sites (N-methyl/N-ethyl adjacent to an activating group) is 1. The van der Waals surface area contributed by atoms with Crippen molar-refractivity contribution in [3.63, 3.8) is 0 Å². The Kier molecular flexibility index (Phi) is 3.58. The number of anilines is 1. The Morgan fingerprint density at radius 1 is 1.39 bits per heavy atom. The molecule has 0 spiro atoms. The molecule has 0 unspecified atom stereocenters. The van der Waals surface area contributed by atoms with Crippen LogP contribution in [0.25, 0.3) is 0 Å². The molecular weight excluding hydrogens is 222 g/mol. The lowest BCUT2D eigenvalue weighted by molar-refractivity contribution is 0.0739. The molecule has 0 saturated heterocycles. The molecule has 1 aromatic carbocycles. The molecule has 18 heavy (non-hydrogen) atoms. The van der Waals surface area contributed by atoms with Gasteiger partial charge in [-0.1, -0.05) is 6.07 Å². The second-order valence-electron chi connectivity index (χ2n) is 5.49. The third-order valence-corrected chi connectivity index (χ3v) is 4.14. The van der Waals surface area contributed by atoms with Crippen molar-refractivity contribution in [2.45, 2.75) is 31.7 Å². The lowest BCUT2D eigenvalue weighted by Crippen LogP contribution is -2.54. The Bertz CT molecular complexity index is 467. The molecule has 1 fully saturated rings. The van der Waals surface area contributed by atoms with Gasteiger partial charge in [0.05, 0.1) is 11.3 Å². The minimum atomic E-state index is 0.275. The van der Waals surface area contributed by atoms with Crippen LogP contribution >= 0.6 is 0 Å². The molecular formula is C15H21N3. The molecule has 1 aromatic rings. The number of benzene rings is 1. The summed E-state index contributed by atoms with van der Waals surface area (Å²) in [4.78, 5) is 2.31. The maximum Gasteiger partial charge on any atom is 0.101 e. The van der Waals surface area contributed by atoms with Crippen LogP contribution in [0, 0.1) is 18.3 Å². The van der Waals surface area contributed by atoms with E-state index in [1.807, 2.05) is 25.1 Å². The van der Waals surface area contributed by atoms with E-state index in [2.05, 4.69) is 30.4 Å². The van der Waals surface area contributed by atoms with Gasteiger partial charge in [0.2, 0.25) is 0 Å². The van der Waals surface area contributed by atoms with E-state index in [4.69, 9.17) is 5.26 Å². The molecule has 0 heterocycles. The summed E-state index contributed by atoms with van der Waals surface area (Å²) in [6, 6.07) is 8.26. The number of hydrogen-bond acceptors (Lipinski definition) is 3. The first kappa shape index (κ1) is 12.9. The molecule has 0 atom stereocenters. The Morgan fingerprint density at radius 3 is 2.61 bits per heavy atom. The van der Waals surface area contributed by atoms with E-state index >= 15 is 0 Å². The van der Waals surface area contributed by atoms with E-state index in [9.17, 15) is 0 Å². The standard InChI is InChI=1S/C15H21N3/c1-12-5-6-14(13(9-12)10-16)17-11-15(18(2)3)7-4-8-15/h5-6,9,17H,4,7-8,11H2,1-3H3. The first-order chi connectivity index (χ1) is 8.57. The first-order valence-electron chi connectivity index (χ1n) is 6.49. The van der Waals surface area contributed by atoms with Crippen molar-refractivity contribution in [2.75, 3.05) is 26.0 Å². The van der Waals surface area contributed by atoms with Gasteiger partial charge in [0, 0.05) is 12.1 Å². The summed E-state index contributed by atoms with van der Waals surface area (Å²) in [7, 11) is 4.28. The van der Waals surface area contributed by atoms with Crippen LogP contribution in [0.3, 0.4) is 0 Å². The zero-order valence-electron chi connectivity index (χ0n) is 11.5. The highest BCUT2D eigenvalue weighted by Gasteiger charge is 2.38. The number of aryl methyl sites for hydroxylation is 1. The van der Waals surface area contributed by atoms with Gasteiger partial charge >= 0.3 is 0 Å². The van der Waals surface area contributed by atoms with Crippen LogP contribution in [0.1, 0.15) is 30.4 Å².